The van der Waals surface area contributed by atoms with E-state index in [1.165, 1.54) is 7.11 Å². The molecule has 7 heteroatoms. The summed E-state index contributed by atoms with van der Waals surface area (Å²) in [5, 5.41) is 0.597. The lowest BCUT2D eigenvalue weighted by Gasteiger charge is -2.10. The number of aryl methyl sites for hydroxylation is 1. The van der Waals surface area contributed by atoms with Crippen LogP contribution in [0.4, 0.5) is 0 Å². The van der Waals surface area contributed by atoms with Crippen molar-refractivity contribution in [1.82, 2.24) is 14.5 Å². The molecule has 3 rings (SSSR count). The molecule has 0 saturated carbocycles. The first-order chi connectivity index (χ1) is 11.5. The summed E-state index contributed by atoms with van der Waals surface area (Å²) in [6, 6.07) is 8.87. The number of nitrogens with zero attached hydrogens (tertiary/aromatic N) is 3. The molecule has 0 fully saturated rings. The van der Waals surface area contributed by atoms with Crippen molar-refractivity contribution in [1.29, 1.82) is 0 Å². The van der Waals surface area contributed by atoms with Gasteiger partial charge in [0.1, 0.15) is 17.1 Å². The van der Waals surface area contributed by atoms with Crippen LogP contribution in [0, 0.1) is 6.92 Å². The van der Waals surface area contributed by atoms with Crippen LogP contribution < -0.4 is 4.74 Å². The molecule has 0 bridgehead atoms. The van der Waals surface area contributed by atoms with Crippen LogP contribution in [0.15, 0.2) is 30.3 Å². The average molecular weight is 346 g/mol. The molecule has 1 aromatic carbocycles. The van der Waals surface area contributed by atoms with Gasteiger partial charge in [-0.15, -0.1) is 0 Å². The highest BCUT2D eigenvalue weighted by atomic mass is 35.5. The molecule has 0 amide bonds. The number of hydrogen-bond acceptors (Lipinski definition) is 5. The average Bonchev–Trinajstić information content (AvgIpc) is 2.90. The van der Waals surface area contributed by atoms with E-state index in [0.717, 1.165) is 11.4 Å². The SMILES string of the molecule is COC(=O)c1ccc2nc(C)n(Cc3ccc(OC)cc3Cl)c2n1. The van der Waals surface area contributed by atoms with Crippen LogP contribution >= 0.6 is 11.6 Å². The maximum atomic E-state index is 11.7. The molecule has 0 unspecified atom stereocenters. The molecule has 24 heavy (non-hydrogen) atoms. The molecule has 2 heterocycles. The van der Waals surface area contributed by atoms with Crippen LogP contribution in [0.2, 0.25) is 5.02 Å². The summed E-state index contributed by atoms with van der Waals surface area (Å²) in [5.74, 6) is 0.998. The van der Waals surface area contributed by atoms with Gasteiger partial charge in [0.25, 0.3) is 0 Å². The summed E-state index contributed by atoms with van der Waals surface area (Å²) in [4.78, 5) is 20.6. The van der Waals surface area contributed by atoms with Gasteiger partial charge in [-0.25, -0.2) is 14.8 Å². The number of aromatic nitrogens is 3. The van der Waals surface area contributed by atoms with Crippen molar-refractivity contribution in [2.24, 2.45) is 0 Å². The highest BCUT2D eigenvalue weighted by Gasteiger charge is 2.15. The molecule has 0 aliphatic carbocycles. The Morgan fingerprint density at radius 1 is 1.21 bits per heavy atom. The molecule has 0 N–H and O–H groups in total. The van der Waals surface area contributed by atoms with Gasteiger partial charge in [-0.3, -0.25) is 0 Å². The number of imidazole rings is 1. The smallest absolute Gasteiger partial charge is 0.356 e. The van der Waals surface area contributed by atoms with Gasteiger partial charge < -0.3 is 14.0 Å². The van der Waals surface area contributed by atoms with Crippen molar-refractivity contribution in [2.75, 3.05) is 14.2 Å². The quantitative estimate of drug-likeness (QED) is 0.679. The van der Waals surface area contributed by atoms with E-state index < -0.39 is 5.97 Å². The van der Waals surface area contributed by atoms with Gasteiger partial charge in [0.15, 0.2) is 11.3 Å². The molecule has 0 aliphatic heterocycles. The molecule has 6 nitrogen and oxygen atoms in total. The molecule has 124 valence electrons. The summed E-state index contributed by atoms with van der Waals surface area (Å²) in [7, 11) is 2.92. The monoisotopic (exact) mass is 345 g/mol. The number of esters is 1. The maximum absolute atomic E-state index is 11.7. The lowest BCUT2D eigenvalue weighted by Crippen LogP contribution is -2.07. The molecule has 2 aromatic heterocycles. The first-order valence-corrected chi connectivity index (χ1v) is 7.66. The Balaban J connectivity index is 2.05. The summed E-state index contributed by atoms with van der Waals surface area (Å²) in [6.07, 6.45) is 0. The minimum atomic E-state index is -0.482. The van der Waals surface area contributed by atoms with Crippen molar-refractivity contribution < 1.29 is 14.3 Å². The van der Waals surface area contributed by atoms with Gasteiger partial charge in [-0.2, -0.15) is 0 Å². The summed E-state index contributed by atoms with van der Waals surface area (Å²) in [6.45, 7) is 2.37. The Morgan fingerprint density at radius 3 is 2.67 bits per heavy atom. The number of carbonyl (C=O) groups is 1. The van der Waals surface area contributed by atoms with Gasteiger partial charge in [0, 0.05) is 5.02 Å². The zero-order chi connectivity index (χ0) is 17.3. The van der Waals surface area contributed by atoms with Crippen LogP contribution in [0.3, 0.4) is 0 Å². The highest BCUT2D eigenvalue weighted by molar-refractivity contribution is 6.31. The predicted molar refractivity (Wildman–Crippen MR) is 90.7 cm³/mol. The van der Waals surface area contributed by atoms with Crippen LogP contribution in [0.5, 0.6) is 5.75 Å². The number of pyridine rings is 1. The number of hydrogen-bond donors (Lipinski definition) is 0. The van der Waals surface area contributed by atoms with Gasteiger partial charge in [0.2, 0.25) is 0 Å². The minimum Gasteiger partial charge on any atom is -0.497 e. The number of rotatable bonds is 4. The van der Waals surface area contributed by atoms with Crippen LogP contribution in [-0.2, 0) is 11.3 Å². The molecule has 0 radical (unpaired) electrons. The Bertz CT molecular complexity index is 921. The summed E-state index contributed by atoms with van der Waals surface area (Å²) in [5.41, 5.74) is 2.48. The first-order valence-electron chi connectivity index (χ1n) is 7.28. The molecule has 3 aromatic rings. The van der Waals surface area contributed by atoms with E-state index in [0.29, 0.717) is 28.5 Å². The van der Waals surface area contributed by atoms with Crippen LogP contribution in [0.25, 0.3) is 11.2 Å². The van der Waals surface area contributed by atoms with Gasteiger partial charge in [-0.1, -0.05) is 17.7 Å². The minimum absolute atomic E-state index is 0.243. The topological polar surface area (TPSA) is 66.2 Å². The van der Waals surface area contributed by atoms with E-state index in [1.54, 1.807) is 25.3 Å². The summed E-state index contributed by atoms with van der Waals surface area (Å²) < 4.78 is 11.8. The van der Waals surface area contributed by atoms with E-state index in [1.807, 2.05) is 23.6 Å². The third-order valence-electron chi connectivity index (χ3n) is 3.77. The van der Waals surface area contributed by atoms with Crippen molar-refractivity contribution >= 4 is 28.7 Å². The number of carbonyl (C=O) groups excluding carboxylic acids is 1. The Hall–Kier alpha value is -2.60. The van der Waals surface area contributed by atoms with E-state index in [4.69, 9.17) is 21.1 Å². The molecule has 0 aliphatic rings. The lowest BCUT2D eigenvalue weighted by molar-refractivity contribution is 0.0594. The Morgan fingerprint density at radius 2 is 2.00 bits per heavy atom. The number of benzene rings is 1. The fraction of sp³-hybridized carbons (Fsp3) is 0.235. The maximum Gasteiger partial charge on any atom is 0.356 e. The molecule has 0 saturated heterocycles. The zero-order valence-corrected chi connectivity index (χ0v) is 14.3. The normalized spacial score (nSPS) is 10.8. The molecular weight excluding hydrogens is 330 g/mol. The van der Waals surface area contributed by atoms with E-state index in [9.17, 15) is 4.79 Å². The second-order valence-electron chi connectivity index (χ2n) is 5.23. The number of methoxy groups -OCH3 is 2. The fourth-order valence-corrected chi connectivity index (χ4v) is 2.71. The van der Waals surface area contributed by atoms with Crippen molar-refractivity contribution in [3.05, 3.63) is 52.4 Å². The molecule has 0 atom stereocenters. The van der Waals surface area contributed by atoms with Gasteiger partial charge in [0.05, 0.1) is 20.8 Å². The Kier molecular flexibility index (Phi) is 4.40. The van der Waals surface area contributed by atoms with Crippen LogP contribution in [0.1, 0.15) is 21.9 Å². The second kappa shape index (κ2) is 6.49. The van der Waals surface area contributed by atoms with Gasteiger partial charge in [-0.05, 0) is 36.8 Å². The fourth-order valence-electron chi connectivity index (χ4n) is 2.48. The van der Waals surface area contributed by atoms with E-state index >= 15 is 0 Å². The zero-order valence-electron chi connectivity index (χ0n) is 13.5. The highest BCUT2D eigenvalue weighted by Crippen LogP contribution is 2.25. The number of ether oxygens (including phenoxy) is 2. The molecular formula is C17H16ClN3O3. The lowest BCUT2D eigenvalue weighted by atomic mass is 10.2. The van der Waals surface area contributed by atoms with Gasteiger partial charge >= 0.3 is 5.97 Å². The summed E-state index contributed by atoms with van der Waals surface area (Å²) >= 11 is 6.32. The van der Waals surface area contributed by atoms with Crippen LogP contribution in [-0.4, -0.2) is 34.7 Å². The van der Waals surface area contributed by atoms with Crippen molar-refractivity contribution in [3.8, 4) is 5.75 Å². The third kappa shape index (κ3) is 2.92. The second-order valence-corrected chi connectivity index (χ2v) is 5.64. The van der Waals surface area contributed by atoms with E-state index in [2.05, 4.69) is 9.97 Å². The molecule has 0 spiro atoms. The largest absolute Gasteiger partial charge is 0.497 e. The van der Waals surface area contributed by atoms with Crippen molar-refractivity contribution in [2.45, 2.75) is 13.5 Å². The standard InChI is InChI=1S/C17H16ClN3O3/c1-10-19-14-6-7-15(17(22)24-3)20-16(14)21(10)9-11-4-5-12(23-2)8-13(11)18/h4-8H,9H2,1-3H3. The van der Waals surface area contributed by atoms with E-state index in [-0.39, 0.29) is 5.69 Å². The Labute approximate surface area is 144 Å². The first kappa shape index (κ1) is 16.3. The van der Waals surface area contributed by atoms with Crippen molar-refractivity contribution in [3.63, 3.8) is 0 Å². The third-order valence-corrected chi connectivity index (χ3v) is 4.12. The number of halogens is 1. The number of fused-ring (bicyclic) bond motifs is 1. The predicted octanol–water partition coefficient (Wildman–Crippen LogP) is 3.24.